The molecule has 0 saturated carbocycles. The molecule has 0 unspecified atom stereocenters. The summed E-state index contributed by atoms with van der Waals surface area (Å²) in [6, 6.07) is 10.2. The number of hydrogen-bond donors (Lipinski definition) is 2. The number of aryl methyl sites for hydroxylation is 1. The second-order valence-electron chi connectivity index (χ2n) is 6.03. The highest BCUT2D eigenvalue weighted by Gasteiger charge is 2.17. The van der Waals surface area contributed by atoms with Crippen LogP contribution in [0, 0.1) is 20.6 Å². The average molecular weight is 467 g/mol. The van der Waals surface area contributed by atoms with Crippen molar-refractivity contribution in [1.29, 1.82) is 0 Å². The van der Waals surface area contributed by atoms with Crippen molar-refractivity contribution in [3.05, 3.63) is 61.2 Å². The number of halogens is 1. The first-order valence-corrected chi connectivity index (χ1v) is 9.60. The summed E-state index contributed by atoms with van der Waals surface area (Å²) in [6.45, 7) is 4.62. The summed E-state index contributed by atoms with van der Waals surface area (Å²) in [7, 11) is 0. The van der Waals surface area contributed by atoms with E-state index in [4.69, 9.17) is 0 Å². The Morgan fingerprint density at radius 1 is 1.15 bits per heavy atom. The molecule has 138 valence electrons. The minimum Gasteiger partial charge on any atom is -0.355 e. The number of amides is 1. The van der Waals surface area contributed by atoms with E-state index in [1.165, 1.54) is 12.1 Å². The van der Waals surface area contributed by atoms with Crippen LogP contribution in [0.3, 0.4) is 0 Å². The van der Waals surface area contributed by atoms with Crippen LogP contribution in [-0.2, 0) is 0 Å². The predicted molar refractivity (Wildman–Crippen MR) is 112 cm³/mol. The van der Waals surface area contributed by atoms with Crippen LogP contribution < -0.4 is 10.6 Å². The van der Waals surface area contributed by atoms with Gasteiger partial charge in [-0.3, -0.25) is 14.9 Å². The molecule has 0 fully saturated rings. The molecular weight excluding hydrogens is 445 g/mol. The molecule has 0 atom stereocenters. The van der Waals surface area contributed by atoms with Crippen LogP contribution >= 0.6 is 22.6 Å². The van der Waals surface area contributed by atoms with E-state index in [1.54, 1.807) is 6.07 Å². The van der Waals surface area contributed by atoms with E-state index in [9.17, 15) is 14.9 Å². The van der Waals surface area contributed by atoms with E-state index in [0.717, 1.165) is 34.1 Å². The smallest absolute Gasteiger partial charge is 0.270 e. The predicted octanol–water partition coefficient (Wildman–Crippen LogP) is 5.17. The van der Waals surface area contributed by atoms with Gasteiger partial charge in [0, 0.05) is 27.9 Å². The maximum Gasteiger partial charge on any atom is 0.270 e. The Kier molecular flexibility index (Phi) is 7.38. The number of hydrogen-bond acceptors (Lipinski definition) is 4. The highest BCUT2D eigenvalue weighted by atomic mass is 127. The molecule has 0 radical (unpaired) electrons. The van der Waals surface area contributed by atoms with E-state index < -0.39 is 4.92 Å². The number of nitrogens with one attached hydrogen (secondary N) is 2. The number of nitro benzene ring substituents is 1. The average Bonchev–Trinajstić information content (AvgIpc) is 2.61. The number of carbonyl (C=O) groups excluding carboxylic acids is 1. The molecule has 0 spiro atoms. The van der Waals surface area contributed by atoms with Gasteiger partial charge in [-0.15, -0.1) is 0 Å². The molecule has 0 saturated heterocycles. The van der Waals surface area contributed by atoms with Crippen molar-refractivity contribution in [2.24, 2.45) is 0 Å². The van der Waals surface area contributed by atoms with Crippen LogP contribution in [0.25, 0.3) is 0 Å². The number of benzene rings is 2. The molecule has 2 rings (SSSR count). The normalized spacial score (nSPS) is 10.4. The van der Waals surface area contributed by atoms with Gasteiger partial charge in [-0.1, -0.05) is 19.8 Å². The second-order valence-corrected chi connectivity index (χ2v) is 7.28. The quantitative estimate of drug-likeness (QED) is 0.243. The number of non-ortho nitro benzene ring substituents is 1. The molecule has 2 N–H and O–H groups in total. The fourth-order valence-corrected chi connectivity index (χ4v) is 3.17. The van der Waals surface area contributed by atoms with Crippen LogP contribution in [0.15, 0.2) is 36.4 Å². The van der Waals surface area contributed by atoms with Gasteiger partial charge < -0.3 is 10.6 Å². The molecule has 6 nitrogen and oxygen atoms in total. The lowest BCUT2D eigenvalue weighted by Crippen LogP contribution is -2.25. The third kappa shape index (κ3) is 5.42. The zero-order valence-electron chi connectivity index (χ0n) is 14.8. The van der Waals surface area contributed by atoms with Gasteiger partial charge in [-0.2, -0.15) is 0 Å². The molecule has 0 aliphatic carbocycles. The number of unbranched alkanes of at least 4 members (excludes halogenated alkanes) is 2. The highest BCUT2D eigenvalue weighted by molar-refractivity contribution is 14.1. The summed E-state index contributed by atoms with van der Waals surface area (Å²) in [5.41, 5.74) is 2.61. The van der Waals surface area contributed by atoms with Gasteiger partial charge in [0.15, 0.2) is 0 Å². The second kappa shape index (κ2) is 9.51. The van der Waals surface area contributed by atoms with E-state index in [2.05, 4.69) is 40.1 Å². The Balaban J connectivity index is 2.29. The largest absolute Gasteiger partial charge is 0.355 e. The van der Waals surface area contributed by atoms with Gasteiger partial charge in [-0.25, -0.2) is 0 Å². The molecule has 26 heavy (non-hydrogen) atoms. The Bertz CT molecular complexity index is 809. The lowest BCUT2D eigenvalue weighted by molar-refractivity contribution is -0.384. The first kappa shape index (κ1) is 20.2. The van der Waals surface area contributed by atoms with Gasteiger partial charge in [0.25, 0.3) is 11.6 Å². The van der Waals surface area contributed by atoms with Crippen LogP contribution in [0.4, 0.5) is 17.1 Å². The number of nitro groups is 1. The standard InChI is InChI=1S/C19H22IN3O3/c1-3-4-5-10-21-19(24)16-12-15(23(25)26)7-9-18(16)22-17-8-6-14(20)11-13(17)2/h6-9,11-12,22H,3-5,10H2,1-2H3,(H,21,24). The number of nitrogens with zero attached hydrogens (tertiary/aromatic N) is 1. The highest BCUT2D eigenvalue weighted by Crippen LogP contribution is 2.27. The minimum absolute atomic E-state index is 0.103. The summed E-state index contributed by atoms with van der Waals surface area (Å²) in [5, 5.41) is 17.2. The Hall–Kier alpha value is -2.16. The number of carbonyl (C=O) groups is 1. The summed E-state index contributed by atoms with van der Waals surface area (Å²) < 4.78 is 1.11. The van der Waals surface area contributed by atoms with Crippen molar-refractivity contribution in [3.8, 4) is 0 Å². The first-order chi connectivity index (χ1) is 12.4. The minimum atomic E-state index is -0.492. The van der Waals surface area contributed by atoms with Crippen molar-refractivity contribution in [1.82, 2.24) is 5.32 Å². The van der Waals surface area contributed by atoms with E-state index in [1.807, 2.05) is 25.1 Å². The van der Waals surface area contributed by atoms with E-state index in [0.29, 0.717) is 12.2 Å². The molecule has 0 bridgehead atoms. The van der Waals surface area contributed by atoms with Gasteiger partial charge in [-0.05, 0) is 65.8 Å². The molecule has 0 heterocycles. The fraction of sp³-hybridized carbons (Fsp3) is 0.316. The zero-order chi connectivity index (χ0) is 19.1. The maximum atomic E-state index is 12.6. The van der Waals surface area contributed by atoms with Crippen molar-refractivity contribution in [2.75, 3.05) is 11.9 Å². The Morgan fingerprint density at radius 3 is 2.54 bits per heavy atom. The van der Waals surface area contributed by atoms with Crippen molar-refractivity contribution in [2.45, 2.75) is 33.1 Å². The number of anilines is 2. The molecule has 2 aromatic rings. The summed E-state index contributed by atoms with van der Waals surface area (Å²) >= 11 is 2.24. The first-order valence-electron chi connectivity index (χ1n) is 8.52. The molecule has 0 aliphatic heterocycles. The summed E-state index contributed by atoms with van der Waals surface area (Å²) in [6.07, 6.45) is 2.98. The lowest BCUT2D eigenvalue weighted by Gasteiger charge is -2.14. The maximum absolute atomic E-state index is 12.6. The monoisotopic (exact) mass is 467 g/mol. The molecule has 1 amide bonds. The fourth-order valence-electron chi connectivity index (χ4n) is 2.53. The van der Waals surface area contributed by atoms with Gasteiger partial charge in [0.2, 0.25) is 0 Å². The van der Waals surface area contributed by atoms with Crippen LogP contribution in [0.5, 0.6) is 0 Å². The van der Waals surface area contributed by atoms with Crippen molar-refractivity contribution < 1.29 is 9.72 Å². The van der Waals surface area contributed by atoms with Crippen LogP contribution in [0.2, 0.25) is 0 Å². The Morgan fingerprint density at radius 2 is 1.88 bits per heavy atom. The van der Waals surface area contributed by atoms with Crippen LogP contribution in [0.1, 0.15) is 42.1 Å². The molecule has 2 aromatic carbocycles. The third-order valence-electron chi connectivity index (χ3n) is 3.98. The molecular formula is C19H22IN3O3. The summed E-state index contributed by atoms with van der Waals surface area (Å²) in [5.74, 6) is -0.310. The molecule has 7 heteroatoms. The molecule has 0 aromatic heterocycles. The van der Waals surface area contributed by atoms with Crippen LogP contribution in [-0.4, -0.2) is 17.4 Å². The van der Waals surface area contributed by atoms with Crippen molar-refractivity contribution in [3.63, 3.8) is 0 Å². The van der Waals surface area contributed by atoms with Gasteiger partial charge in [0.1, 0.15) is 0 Å². The van der Waals surface area contributed by atoms with Gasteiger partial charge in [0.05, 0.1) is 16.2 Å². The van der Waals surface area contributed by atoms with Gasteiger partial charge >= 0.3 is 0 Å². The third-order valence-corrected chi connectivity index (χ3v) is 4.65. The molecule has 0 aliphatic rings. The topological polar surface area (TPSA) is 84.3 Å². The van der Waals surface area contributed by atoms with Crippen molar-refractivity contribution >= 4 is 45.6 Å². The Labute approximate surface area is 166 Å². The van der Waals surface area contributed by atoms with E-state index in [-0.39, 0.29) is 17.2 Å². The summed E-state index contributed by atoms with van der Waals surface area (Å²) in [4.78, 5) is 23.2. The van der Waals surface area contributed by atoms with E-state index >= 15 is 0 Å². The SMILES string of the molecule is CCCCCNC(=O)c1cc([N+](=O)[O-])ccc1Nc1ccc(I)cc1C. The zero-order valence-corrected chi connectivity index (χ0v) is 17.0. The number of rotatable bonds is 8. The lowest BCUT2D eigenvalue weighted by atomic mass is 10.1.